The van der Waals surface area contributed by atoms with Crippen molar-refractivity contribution in [3.8, 4) is 22.8 Å². The summed E-state index contributed by atoms with van der Waals surface area (Å²) < 4.78 is 31.4. The molecule has 0 aliphatic rings. The van der Waals surface area contributed by atoms with Gasteiger partial charge in [0, 0.05) is 27.7 Å². The number of ether oxygens (including phenoxy) is 1. The summed E-state index contributed by atoms with van der Waals surface area (Å²) in [6.07, 6.45) is 1.23. The molecule has 0 aliphatic carbocycles. The van der Waals surface area contributed by atoms with Crippen molar-refractivity contribution in [1.82, 2.24) is 14.8 Å². The summed E-state index contributed by atoms with van der Waals surface area (Å²) in [4.78, 5) is 0. The van der Waals surface area contributed by atoms with Crippen LogP contribution in [0, 0.1) is 0 Å². The minimum atomic E-state index is -3.03. The van der Waals surface area contributed by atoms with E-state index in [0.717, 1.165) is 21.5 Å². The molecule has 1 heterocycles. The Morgan fingerprint density at radius 1 is 1.07 bits per heavy atom. The van der Waals surface area contributed by atoms with Crippen LogP contribution in [0.4, 0.5) is 0 Å². The Bertz CT molecular complexity index is 1030. The highest BCUT2D eigenvalue weighted by Crippen LogP contribution is 2.29. The van der Waals surface area contributed by atoms with Crippen LogP contribution in [0.15, 0.2) is 58.2 Å². The SMILES string of the molecule is CCOc1ccc(-n2c(SCCS(C)(=O)=O)nnc2-c2ccc(Br)cc2)cc1. The predicted octanol–water partition coefficient (Wildman–Crippen LogP) is 4.23. The van der Waals surface area contributed by atoms with Gasteiger partial charge in [0.15, 0.2) is 11.0 Å². The zero-order chi connectivity index (χ0) is 20.1. The number of hydrogen-bond donors (Lipinski definition) is 0. The van der Waals surface area contributed by atoms with E-state index in [1.807, 2.05) is 60.0 Å². The summed E-state index contributed by atoms with van der Waals surface area (Å²) in [6, 6.07) is 15.5. The highest BCUT2D eigenvalue weighted by Gasteiger charge is 2.17. The van der Waals surface area contributed by atoms with Gasteiger partial charge < -0.3 is 4.74 Å². The number of benzene rings is 2. The molecule has 0 bridgehead atoms. The standard InChI is InChI=1S/C19H20BrN3O3S2/c1-3-26-17-10-8-16(9-11-17)23-18(14-4-6-15(20)7-5-14)21-22-19(23)27-12-13-28(2,24)25/h4-11H,3,12-13H2,1-2H3. The van der Waals surface area contributed by atoms with Crippen molar-refractivity contribution in [2.45, 2.75) is 12.1 Å². The fourth-order valence-electron chi connectivity index (χ4n) is 2.52. The van der Waals surface area contributed by atoms with Gasteiger partial charge in [-0.15, -0.1) is 10.2 Å². The van der Waals surface area contributed by atoms with E-state index in [-0.39, 0.29) is 5.75 Å². The van der Waals surface area contributed by atoms with E-state index in [1.54, 1.807) is 0 Å². The maximum absolute atomic E-state index is 11.5. The summed E-state index contributed by atoms with van der Waals surface area (Å²) in [5.74, 6) is 1.98. The molecular formula is C19H20BrN3O3S2. The van der Waals surface area contributed by atoms with E-state index in [0.29, 0.717) is 23.3 Å². The number of rotatable bonds is 8. The maximum atomic E-state index is 11.5. The van der Waals surface area contributed by atoms with Crippen LogP contribution in [0.1, 0.15) is 6.92 Å². The highest BCUT2D eigenvalue weighted by molar-refractivity contribution is 9.10. The Labute approximate surface area is 177 Å². The van der Waals surface area contributed by atoms with Gasteiger partial charge in [0.25, 0.3) is 0 Å². The molecule has 1 aromatic heterocycles. The number of sulfone groups is 1. The predicted molar refractivity (Wildman–Crippen MR) is 116 cm³/mol. The summed E-state index contributed by atoms with van der Waals surface area (Å²) in [5.41, 5.74) is 1.80. The van der Waals surface area contributed by atoms with Crippen LogP contribution in [-0.4, -0.2) is 47.6 Å². The largest absolute Gasteiger partial charge is 0.494 e. The maximum Gasteiger partial charge on any atom is 0.196 e. The van der Waals surface area contributed by atoms with Gasteiger partial charge >= 0.3 is 0 Å². The Morgan fingerprint density at radius 3 is 2.36 bits per heavy atom. The first-order chi connectivity index (χ1) is 13.4. The van der Waals surface area contributed by atoms with Crippen LogP contribution in [0.5, 0.6) is 5.75 Å². The second-order valence-electron chi connectivity index (χ2n) is 6.05. The van der Waals surface area contributed by atoms with Crippen molar-refractivity contribution in [2.75, 3.05) is 24.4 Å². The molecule has 6 nitrogen and oxygen atoms in total. The van der Waals surface area contributed by atoms with E-state index in [4.69, 9.17) is 4.74 Å². The van der Waals surface area contributed by atoms with E-state index in [9.17, 15) is 8.42 Å². The third-order valence-electron chi connectivity index (χ3n) is 3.83. The molecule has 0 fully saturated rings. The number of aromatic nitrogens is 3. The molecule has 28 heavy (non-hydrogen) atoms. The van der Waals surface area contributed by atoms with Crippen molar-refractivity contribution in [1.29, 1.82) is 0 Å². The topological polar surface area (TPSA) is 74.1 Å². The smallest absolute Gasteiger partial charge is 0.196 e. The molecule has 3 rings (SSSR count). The monoisotopic (exact) mass is 481 g/mol. The fourth-order valence-corrected chi connectivity index (χ4v) is 4.94. The molecule has 0 atom stereocenters. The van der Waals surface area contributed by atoms with Gasteiger partial charge in [0.1, 0.15) is 15.6 Å². The van der Waals surface area contributed by atoms with Gasteiger partial charge in [-0.2, -0.15) is 0 Å². The van der Waals surface area contributed by atoms with Crippen LogP contribution in [0.3, 0.4) is 0 Å². The van der Waals surface area contributed by atoms with Gasteiger partial charge in [-0.05, 0) is 43.3 Å². The fraction of sp³-hybridized carbons (Fsp3) is 0.263. The lowest BCUT2D eigenvalue weighted by atomic mass is 10.2. The van der Waals surface area contributed by atoms with Crippen LogP contribution in [-0.2, 0) is 9.84 Å². The molecule has 0 saturated heterocycles. The number of thioether (sulfide) groups is 1. The van der Waals surface area contributed by atoms with E-state index >= 15 is 0 Å². The number of hydrogen-bond acceptors (Lipinski definition) is 6. The summed E-state index contributed by atoms with van der Waals surface area (Å²) in [6.45, 7) is 2.54. The van der Waals surface area contributed by atoms with Gasteiger partial charge in [-0.25, -0.2) is 8.42 Å². The van der Waals surface area contributed by atoms with Crippen LogP contribution in [0.25, 0.3) is 17.1 Å². The molecule has 148 valence electrons. The first-order valence-corrected chi connectivity index (χ1v) is 12.5. The molecule has 0 amide bonds. The Balaban J connectivity index is 1.99. The van der Waals surface area contributed by atoms with Crippen LogP contribution < -0.4 is 4.74 Å². The molecule has 0 radical (unpaired) electrons. The van der Waals surface area contributed by atoms with Crippen molar-refractivity contribution in [3.05, 3.63) is 53.0 Å². The lowest BCUT2D eigenvalue weighted by molar-refractivity contribution is 0.340. The summed E-state index contributed by atoms with van der Waals surface area (Å²) in [7, 11) is -3.03. The first kappa shape index (κ1) is 20.9. The molecule has 0 spiro atoms. The van der Waals surface area contributed by atoms with E-state index in [1.165, 1.54) is 18.0 Å². The van der Waals surface area contributed by atoms with E-state index in [2.05, 4.69) is 26.1 Å². The Kier molecular flexibility index (Phi) is 6.79. The molecule has 0 aliphatic heterocycles. The first-order valence-electron chi connectivity index (χ1n) is 8.62. The molecule has 0 saturated carbocycles. The summed E-state index contributed by atoms with van der Waals surface area (Å²) in [5, 5.41) is 9.31. The van der Waals surface area contributed by atoms with Crippen LogP contribution >= 0.6 is 27.7 Å². The lowest BCUT2D eigenvalue weighted by Crippen LogP contribution is -2.06. The van der Waals surface area contributed by atoms with Crippen molar-refractivity contribution in [3.63, 3.8) is 0 Å². The minimum Gasteiger partial charge on any atom is -0.494 e. The van der Waals surface area contributed by atoms with Gasteiger partial charge in [-0.1, -0.05) is 39.8 Å². The number of nitrogens with zero attached hydrogens (tertiary/aromatic N) is 3. The zero-order valence-corrected chi connectivity index (χ0v) is 18.7. The van der Waals surface area contributed by atoms with Crippen molar-refractivity contribution >= 4 is 37.5 Å². The average Bonchev–Trinajstić information content (AvgIpc) is 3.06. The van der Waals surface area contributed by atoms with Gasteiger partial charge in [-0.3, -0.25) is 4.57 Å². The Morgan fingerprint density at radius 2 is 1.75 bits per heavy atom. The van der Waals surface area contributed by atoms with E-state index < -0.39 is 9.84 Å². The Hall–Kier alpha value is -1.84. The minimum absolute atomic E-state index is 0.0847. The molecule has 2 aromatic carbocycles. The zero-order valence-electron chi connectivity index (χ0n) is 15.5. The molecule has 0 N–H and O–H groups in total. The second-order valence-corrected chi connectivity index (χ2v) is 10.3. The van der Waals surface area contributed by atoms with Gasteiger partial charge in [0.2, 0.25) is 0 Å². The summed E-state index contributed by atoms with van der Waals surface area (Å²) >= 11 is 4.82. The highest BCUT2D eigenvalue weighted by atomic mass is 79.9. The molecule has 9 heteroatoms. The average molecular weight is 482 g/mol. The van der Waals surface area contributed by atoms with Gasteiger partial charge in [0.05, 0.1) is 12.4 Å². The third kappa shape index (κ3) is 5.36. The van der Waals surface area contributed by atoms with Crippen molar-refractivity contribution < 1.29 is 13.2 Å². The number of halogens is 1. The molecular weight excluding hydrogens is 462 g/mol. The second kappa shape index (κ2) is 9.11. The molecule has 3 aromatic rings. The third-order valence-corrected chi connectivity index (χ3v) is 6.49. The van der Waals surface area contributed by atoms with Crippen LogP contribution in [0.2, 0.25) is 0 Å². The lowest BCUT2D eigenvalue weighted by Gasteiger charge is -2.11. The normalized spacial score (nSPS) is 11.5. The molecule has 0 unspecified atom stereocenters. The van der Waals surface area contributed by atoms with Crippen molar-refractivity contribution in [2.24, 2.45) is 0 Å². The quantitative estimate of drug-likeness (QED) is 0.448.